The molecule has 0 aliphatic heterocycles. The molecule has 0 unspecified atom stereocenters. The molecular weight excluding hydrogens is 82.0 g/mol. The second-order valence-corrected chi connectivity index (χ2v) is 0.753. The van der Waals surface area contributed by atoms with Gasteiger partial charge in [-0.15, -0.1) is 0 Å². The van der Waals surface area contributed by atoms with Crippen LogP contribution >= 0.6 is 0 Å². The Balaban J connectivity index is 3.52. The van der Waals surface area contributed by atoms with Crippen LogP contribution in [0.15, 0.2) is 5.76 Å². The summed E-state index contributed by atoms with van der Waals surface area (Å²) in [5.74, 6) is 0.777. The van der Waals surface area contributed by atoms with E-state index in [1.807, 2.05) is 0 Å². The topological polar surface area (TPSA) is 63.3 Å². The number of nitrogens with two attached hydrogens (primary N) is 1. The van der Waals surface area contributed by atoms with Crippen molar-refractivity contribution in [2.45, 2.75) is 0 Å². The second kappa shape index (κ2) is 2.45. The number of carbonyl (C=O) groups excluding carboxylic acids is 1. The summed E-state index contributed by atoms with van der Waals surface area (Å²) in [4.78, 5) is 9.24. The molecule has 0 spiro atoms. The highest BCUT2D eigenvalue weighted by Gasteiger charge is 1.79. The first kappa shape index (κ1) is 5.21. The minimum Gasteiger partial charge on any atom is -0.501 e. The molecule has 0 saturated heterocycles. The molecule has 0 rings (SSSR count). The molecule has 0 aromatic rings. The van der Waals surface area contributed by atoms with Crippen molar-refractivity contribution >= 4 is 5.94 Å². The van der Waals surface area contributed by atoms with Gasteiger partial charge in [0, 0.05) is 0 Å². The van der Waals surface area contributed by atoms with Gasteiger partial charge in [0.15, 0.2) is 11.7 Å². The lowest BCUT2D eigenvalue weighted by atomic mass is 10.6. The van der Waals surface area contributed by atoms with Gasteiger partial charge in [-0.05, 0) is 0 Å². The molecule has 0 saturated carbocycles. The summed E-state index contributed by atoms with van der Waals surface area (Å²) in [6.07, 6.45) is 0. The Labute approximate surface area is 35.1 Å². The summed E-state index contributed by atoms with van der Waals surface area (Å²) >= 11 is 0. The van der Waals surface area contributed by atoms with E-state index >= 15 is 0 Å². The van der Waals surface area contributed by atoms with Crippen molar-refractivity contribution in [2.24, 2.45) is 5.73 Å². The first-order valence-electron chi connectivity index (χ1n) is 1.44. The van der Waals surface area contributed by atoms with E-state index in [-0.39, 0.29) is 6.54 Å². The fourth-order valence-corrected chi connectivity index (χ4v) is 0.0417. The lowest BCUT2D eigenvalue weighted by Crippen LogP contribution is -2.01. The zero-order valence-corrected chi connectivity index (χ0v) is 3.14. The lowest BCUT2D eigenvalue weighted by Gasteiger charge is -1.77. The normalized spacial score (nSPS) is 6.83. The molecule has 0 aromatic heterocycles. The van der Waals surface area contributed by atoms with Crippen molar-refractivity contribution < 1.29 is 9.90 Å². The summed E-state index contributed by atoms with van der Waals surface area (Å²) < 4.78 is 0. The van der Waals surface area contributed by atoms with Gasteiger partial charge in [0.2, 0.25) is 0 Å². The highest BCUT2D eigenvalue weighted by Crippen LogP contribution is 1.65. The molecule has 0 bridgehead atoms. The predicted octanol–water partition coefficient (Wildman–Crippen LogP) is -0.781. The number of aliphatic hydroxyl groups is 1. The summed E-state index contributed by atoms with van der Waals surface area (Å²) in [5.41, 5.74) is 4.73. The maximum absolute atomic E-state index is 9.24. The Hall–Kier alpha value is -0.790. The fraction of sp³-hybridized carbons (Fsp3) is 0.333. The number of hydrogen-bond donors (Lipinski definition) is 2. The van der Waals surface area contributed by atoms with Crippen LogP contribution in [0.5, 0.6) is 0 Å². The van der Waals surface area contributed by atoms with E-state index in [1.165, 1.54) is 5.94 Å². The lowest BCUT2D eigenvalue weighted by molar-refractivity contribution is 0.404. The van der Waals surface area contributed by atoms with Crippen LogP contribution in [0, 0.1) is 0 Å². The first-order chi connectivity index (χ1) is 2.81. The average Bonchev–Trinajstić information content (AvgIpc) is 1.65. The highest BCUT2D eigenvalue weighted by atomic mass is 16.3. The summed E-state index contributed by atoms with van der Waals surface area (Å²) in [6.45, 7) is -0.122. The molecule has 0 aliphatic carbocycles. The third-order valence-electron chi connectivity index (χ3n) is 0.311. The Kier molecular flexibility index (Phi) is 2.13. The Morgan fingerprint density at radius 3 is 2.50 bits per heavy atom. The quantitative estimate of drug-likeness (QED) is 0.325. The van der Waals surface area contributed by atoms with Crippen LogP contribution in [-0.2, 0) is 4.79 Å². The van der Waals surface area contributed by atoms with E-state index in [4.69, 9.17) is 10.8 Å². The molecule has 0 fully saturated rings. The Morgan fingerprint density at radius 1 is 2.00 bits per heavy atom. The summed E-state index contributed by atoms with van der Waals surface area (Å²) in [7, 11) is 0. The SMILES string of the molecule is NCC(O)=C=O. The maximum Gasteiger partial charge on any atom is 0.190 e. The Bertz CT molecular complexity index is 82.8. The molecule has 6 heavy (non-hydrogen) atoms. The summed E-state index contributed by atoms with van der Waals surface area (Å²) in [6, 6.07) is 0. The molecule has 0 amide bonds. The Morgan fingerprint density at radius 2 is 2.50 bits per heavy atom. The van der Waals surface area contributed by atoms with Gasteiger partial charge in [0.25, 0.3) is 0 Å². The highest BCUT2D eigenvalue weighted by molar-refractivity contribution is 5.48. The minimum atomic E-state index is -0.435. The molecule has 0 aliphatic rings. The van der Waals surface area contributed by atoms with Crippen molar-refractivity contribution in [3.05, 3.63) is 5.76 Å². The van der Waals surface area contributed by atoms with Crippen LogP contribution in [-0.4, -0.2) is 17.6 Å². The van der Waals surface area contributed by atoms with Crippen LogP contribution in [0.2, 0.25) is 0 Å². The fourth-order valence-electron chi connectivity index (χ4n) is 0.0417. The van der Waals surface area contributed by atoms with Gasteiger partial charge in [0.05, 0.1) is 6.54 Å². The van der Waals surface area contributed by atoms with E-state index in [2.05, 4.69) is 0 Å². The second-order valence-electron chi connectivity index (χ2n) is 0.753. The van der Waals surface area contributed by atoms with Crippen LogP contribution in [0.1, 0.15) is 0 Å². The largest absolute Gasteiger partial charge is 0.501 e. The molecule has 0 heterocycles. The van der Waals surface area contributed by atoms with Crippen LogP contribution in [0.4, 0.5) is 0 Å². The van der Waals surface area contributed by atoms with E-state index < -0.39 is 5.76 Å². The number of hydrogen-bond acceptors (Lipinski definition) is 3. The molecule has 3 nitrogen and oxygen atoms in total. The van der Waals surface area contributed by atoms with Crippen LogP contribution in [0.3, 0.4) is 0 Å². The smallest absolute Gasteiger partial charge is 0.190 e. The van der Waals surface area contributed by atoms with Crippen molar-refractivity contribution in [1.29, 1.82) is 0 Å². The van der Waals surface area contributed by atoms with Gasteiger partial charge < -0.3 is 10.8 Å². The standard InChI is InChI=1S/C3H5NO2/c4-1-3(6)2-5/h6H,1,4H2. The molecule has 3 N–H and O–H groups in total. The molecule has 3 heteroatoms. The molecule has 34 valence electrons. The maximum atomic E-state index is 9.24. The minimum absolute atomic E-state index is 0.122. The molecule has 0 radical (unpaired) electrons. The zero-order valence-electron chi connectivity index (χ0n) is 3.14. The number of rotatable bonds is 1. The third kappa shape index (κ3) is 1.52. The molecule has 0 aromatic carbocycles. The zero-order chi connectivity index (χ0) is 4.99. The monoisotopic (exact) mass is 87.0 g/mol. The summed E-state index contributed by atoms with van der Waals surface area (Å²) in [5, 5.41) is 8.03. The van der Waals surface area contributed by atoms with Crippen LogP contribution < -0.4 is 5.73 Å². The van der Waals surface area contributed by atoms with Crippen molar-refractivity contribution in [3.63, 3.8) is 0 Å². The van der Waals surface area contributed by atoms with E-state index in [1.54, 1.807) is 0 Å². The van der Waals surface area contributed by atoms with Crippen molar-refractivity contribution in [1.82, 2.24) is 0 Å². The van der Waals surface area contributed by atoms with E-state index in [0.29, 0.717) is 0 Å². The average molecular weight is 87.1 g/mol. The van der Waals surface area contributed by atoms with Gasteiger partial charge in [-0.3, -0.25) is 0 Å². The van der Waals surface area contributed by atoms with E-state index in [9.17, 15) is 4.79 Å². The van der Waals surface area contributed by atoms with Gasteiger partial charge in [-0.25, -0.2) is 4.79 Å². The van der Waals surface area contributed by atoms with Gasteiger partial charge in [-0.1, -0.05) is 0 Å². The third-order valence-corrected chi connectivity index (χ3v) is 0.311. The van der Waals surface area contributed by atoms with E-state index in [0.717, 1.165) is 0 Å². The van der Waals surface area contributed by atoms with Gasteiger partial charge in [0.1, 0.15) is 0 Å². The van der Waals surface area contributed by atoms with Gasteiger partial charge >= 0.3 is 0 Å². The van der Waals surface area contributed by atoms with Crippen molar-refractivity contribution in [2.75, 3.05) is 6.54 Å². The van der Waals surface area contributed by atoms with Gasteiger partial charge in [-0.2, -0.15) is 0 Å². The molecule has 0 atom stereocenters. The van der Waals surface area contributed by atoms with Crippen molar-refractivity contribution in [3.8, 4) is 0 Å². The number of aliphatic hydroxyl groups excluding tert-OH is 1. The van der Waals surface area contributed by atoms with Crippen LogP contribution in [0.25, 0.3) is 0 Å². The first-order valence-corrected chi connectivity index (χ1v) is 1.44. The predicted molar refractivity (Wildman–Crippen MR) is 20.9 cm³/mol. The molecular formula is C3H5NO2.